The van der Waals surface area contributed by atoms with E-state index in [-0.39, 0.29) is 11.8 Å². The van der Waals surface area contributed by atoms with Crippen molar-refractivity contribution in [3.05, 3.63) is 0 Å². The number of ether oxygens (including phenoxy) is 1. The molecule has 0 radical (unpaired) electrons. The fourth-order valence-electron chi connectivity index (χ4n) is 2.26. The summed E-state index contributed by atoms with van der Waals surface area (Å²) in [5.41, 5.74) is 0. The molecule has 1 aliphatic rings. The number of halogens is 3. The minimum Gasteiger partial charge on any atom is -0.381 e. The molecule has 1 saturated heterocycles. The Morgan fingerprint density at radius 1 is 1.14 bits per heavy atom. The molecule has 0 spiro atoms. The van der Waals surface area contributed by atoms with E-state index in [1.54, 1.807) is 13.8 Å². The van der Waals surface area contributed by atoms with Gasteiger partial charge in [0.2, 0.25) is 0 Å². The van der Waals surface area contributed by atoms with Crippen LogP contribution in [0.5, 0.6) is 0 Å². The van der Waals surface area contributed by atoms with Crippen molar-refractivity contribution in [2.24, 2.45) is 17.8 Å². The van der Waals surface area contributed by atoms with E-state index >= 15 is 0 Å². The lowest BCUT2D eigenvalue weighted by molar-refractivity contribution is -0.207. The van der Waals surface area contributed by atoms with E-state index in [2.05, 4.69) is 0 Å². The summed E-state index contributed by atoms with van der Waals surface area (Å²) in [6, 6.07) is 0. The fourth-order valence-corrected chi connectivity index (χ4v) is 2.26. The van der Waals surface area contributed by atoms with Crippen LogP contribution in [0.15, 0.2) is 0 Å². The van der Waals surface area contributed by atoms with Crippen LogP contribution in [-0.2, 0) is 4.74 Å². The van der Waals surface area contributed by atoms with Crippen molar-refractivity contribution in [3.63, 3.8) is 0 Å². The van der Waals surface area contributed by atoms with Crippen molar-refractivity contribution in [1.82, 2.24) is 0 Å². The summed E-state index contributed by atoms with van der Waals surface area (Å²) in [6.07, 6.45) is -2.97. The molecule has 0 aromatic carbocycles. The van der Waals surface area contributed by atoms with Gasteiger partial charge in [0.25, 0.3) is 0 Å². The summed E-state index contributed by atoms with van der Waals surface area (Å²) < 4.78 is 43.2. The molecular weight excluding hydrogens is 193 g/mol. The van der Waals surface area contributed by atoms with Crippen LogP contribution in [0.2, 0.25) is 0 Å². The van der Waals surface area contributed by atoms with Crippen LogP contribution < -0.4 is 0 Å². The van der Waals surface area contributed by atoms with Crippen molar-refractivity contribution >= 4 is 0 Å². The highest BCUT2D eigenvalue weighted by Gasteiger charge is 2.46. The molecule has 0 saturated carbocycles. The molecule has 1 fully saturated rings. The van der Waals surface area contributed by atoms with Crippen LogP contribution in [0.4, 0.5) is 13.2 Å². The molecule has 1 atom stereocenters. The van der Waals surface area contributed by atoms with Crippen LogP contribution in [0.3, 0.4) is 0 Å². The monoisotopic (exact) mass is 210 g/mol. The number of rotatable bonds is 2. The minimum absolute atomic E-state index is 0.247. The van der Waals surface area contributed by atoms with Gasteiger partial charge in [-0.25, -0.2) is 0 Å². The van der Waals surface area contributed by atoms with Crippen LogP contribution >= 0.6 is 0 Å². The molecule has 1 heterocycles. The molecule has 1 unspecified atom stereocenters. The van der Waals surface area contributed by atoms with Crippen molar-refractivity contribution < 1.29 is 17.9 Å². The van der Waals surface area contributed by atoms with Gasteiger partial charge in [-0.1, -0.05) is 13.8 Å². The number of alkyl halides is 3. The summed E-state index contributed by atoms with van der Waals surface area (Å²) in [5, 5.41) is 0. The quantitative estimate of drug-likeness (QED) is 0.679. The average molecular weight is 210 g/mol. The van der Waals surface area contributed by atoms with Gasteiger partial charge < -0.3 is 4.74 Å². The van der Waals surface area contributed by atoms with E-state index in [0.717, 1.165) is 0 Å². The van der Waals surface area contributed by atoms with E-state index in [1.165, 1.54) is 0 Å². The van der Waals surface area contributed by atoms with Gasteiger partial charge in [-0.3, -0.25) is 0 Å². The summed E-state index contributed by atoms with van der Waals surface area (Å²) in [7, 11) is 0. The Bertz CT molecular complexity index is 171. The molecule has 14 heavy (non-hydrogen) atoms. The zero-order valence-electron chi connectivity index (χ0n) is 8.60. The summed E-state index contributed by atoms with van der Waals surface area (Å²) in [6.45, 7) is 4.25. The molecule has 1 aliphatic heterocycles. The van der Waals surface area contributed by atoms with Crippen molar-refractivity contribution in [2.45, 2.75) is 32.9 Å². The maximum Gasteiger partial charge on any atom is 0.392 e. The van der Waals surface area contributed by atoms with E-state index < -0.39 is 12.1 Å². The fraction of sp³-hybridized carbons (Fsp3) is 1.00. The van der Waals surface area contributed by atoms with E-state index in [4.69, 9.17) is 4.74 Å². The molecule has 0 N–H and O–H groups in total. The van der Waals surface area contributed by atoms with E-state index in [0.29, 0.717) is 26.1 Å². The number of hydrogen-bond acceptors (Lipinski definition) is 1. The SMILES string of the molecule is CC(C)C(C1CCOCC1)C(F)(F)F. The Hall–Kier alpha value is -0.250. The molecule has 4 heteroatoms. The minimum atomic E-state index is -4.06. The first kappa shape index (κ1) is 11.8. The van der Waals surface area contributed by atoms with Gasteiger partial charge in [0.1, 0.15) is 0 Å². The second-order valence-electron chi connectivity index (χ2n) is 4.26. The Morgan fingerprint density at radius 3 is 2.00 bits per heavy atom. The molecule has 0 aromatic rings. The summed E-state index contributed by atoms with van der Waals surface area (Å²) in [4.78, 5) is 0. The third-order valence-corrected chi connectivity index (χ3v) is 2.87. The molecule has 0 amide bonds. The maximum atomic E-state index is 12.7. The van der Waals surface area contributed by atoms with Gasteiger partial charge in [-0.2, -0.15) is 13.2 Å². The predicted octanol–water partition coefficient (Wildman–Crippen LogP) is 3.25. The molecular formula is C10H17F3O. The molecule has 84 valence electrons. The third-order valence-electron chi connectivity index (χ3n) is 2.87. The largest absolute Gasteiger partial charge is 0.392 e. The normalized spacial score (nSPS) is 22.7. The van der Waals surface area contributed by atoms with Crippen molar-refractivity contribution in [2.75, 3.05) is 13.2 Å². The van der Waals surface area contributed by atoms with Gasteiger partial charge >= 0.3 is 6.18 Å². The summed E-state index contributed by atoms with van der Waals surface area (Å²) in [5.74, 6) is -1.74. The van der Waals surface area contributed by atoms with E-state index in [9.17, 15) is 13.2 Å². The van der Waals surface area contributed by atoms with Gasteiger partial charge in [0, 0.05) is 13.2 Å². The Balaban J connectivity index is 2.66. The van der Waals surface area contributed by atoms with Crippen molar-refractivity contribution in [3.8, 4) is 0 Å². The lowest BCUT2D eigenvalue weighted by atomic mass is 9.78. The molecule has 0 aliphatic carbocycles. The van der Waals surface area contributed by atoms with Gasteiger partial charge in [-0.05, 0) is 24.7 Å². The first-order valence-electron chi connectivity index (χ1n) is 5.07. The lowest BCUT2D eigenvalue weighted by Crippen LogP contribution is -2.37. The first-order chi connectivity index (χ1) is 6.43. The Kier molecular flexibility index (Phi) is 3.81. The van der Waals surface area contributed by atoms with E-state index in [1.807, 2.05) is 0 Å². The zero-order chi connectivity index (χ0) is 10.8. The predicted molar refractivity (Wildman–Crippen MR) is 47.9 cm³/mol. The maximum absolute atomic E-state index is 12.7. The van der Waals surface area contributed by atoms with Crippen LogP contribution in [0.25, 0.3) is 0 Å². The average Bonchev–Trinajstić information content (AvgIpc) is 2.02. The molecule has 0 aromatic heterocycles. The highest BCUT2D eigenvalue weighted by Crippen LogP contribution is 2.41. The van der Waals surface area contributed by atoms with Crippen LogP contribution in [0, 0.1) is 17.8 Å². The van der Waals surface area contributed by atoms with Gasteiger partial charge in [0.15, 0.2) is 0 Å². The molecule has 1 rings (SSSR count). The van der Waals surface area contributed by atoms with Gasteiger partial charge in [0.05, 0.1) is 5.92 Å². The lowest BCUT2D eigenvalue weighted by Gasteiger charge is -2.34. The zero-order valence-corrected chi connectivity index (χ0v) is 8.60. The molecule has 0 bridgehead atoms. The Labute approximate surface area is 82.6 Å². The third kappa shape index (κ3) is 2.87. The number of hydrogen-bond donors (Lipinski definition) is 0. The van der Waals surface area contributed by atoms with Gasteiger partial charge in [-0.15, -0.1) is 0 Å². The van der Waals surface area contributed by atoms with Crippen molar-refractivity contribution in [1.29, 1.82) is 0 Å². The van der Waals surface area contributed by atoms with Crippen LogP contribution in [-0.4, -0.2) is 19.4 Å². The standard InChI is InChI=1S/C10H17F3O/c1-7(2)9(10(11,12)13)8-3-5-14-6-4-8/h7-9H,3-6H2,1-2H3. The highest BCUT2D eigenvalue weighted by molar-refractivity contribution is 4.80. The first-order valence-corrected chi connectivity index (χ1v) is 5.07. The second kappa shape index (κ2) is 4.51. The van der Waals surface area contributed by atoms with Crippen LogP contribution in [0.1, 0.15) is 26.7 Å². The second-order valence-corrected chi connectivity index (χ2v) is 4.26. The smallest absolute Gasteiger partial charge is 0.381 e. The summed E-state index contributed by atoms with van der Waals surface area (Å²) >= 11 is 0. The Morgan fingerprint density at radius 2 is 1.64 bits per heavy atom. The highest BCUT2D eigenvalue weighted by atomic mass is 19.4. The molecule has 1 nitrogen and oxygen atoms in total. The topological polar surface area (TPSA) is 9.23 Å².